The summed E-state index contributed by atoms with van der Waals surface area (Å²) in [6, 6.07) is 6.58. The van der Waals surface area contributed by atoms with Crippen LogP contribution in [0.3, 0.4) is 0 Å². The average molecular weight is 637 g/mol. The molecule has 13 heteroatoms. The van der Waals surface area contributed by atoms with Crippen molar-refractivity contribution in [3.05, 3.63) is 34.4 Å². The van der Waals surface area contributed by atoms with E-state index in [1.807, 2.05) is 6.07 Å². The number of fused-ring (bicyclic) bond motifs is 5. The van der Waals surface area contributed by atoms with Crippen molar-refractivity contribution >= 4 is 43.4 Å². The number of pyridine rings is 1. The van der Waals surface area contributed by atoms with Gasteiger partial charge in [-0.3, -0.25) is 9.69 Å². The number of hydrogen-bond acceptors (Lipinski definition) is 10. The van der Waals surface area contributed by atoms with Gasteiger partial charge in [-0.05, 0) is 75.6 Å². The number of anilines is 2. The number of halogens is 2. The van der Waals surface area contributed by atoms with Crippen molar-refractivity contribution < 1.29 is 13.5 Å². The Morgan fingerprint density at radius 1 is 1.09 bits per heavy atom. The monoisotopic (exact) mass is 636 g/mol. The van der Waals surface area contributed by atoms with Gasteiger partial charge in [0.25, 0.3) is 5.56 Å². The summed E-state index contributed by atoms with van der Waals surface area (Å²) in [5.74, 6) is 0.686. The highest BCUT2D eigenvalue weighted by molar-refractivity contribution is 7.22. The molecular weight excluding hydrogens is 598 g/mol. The Labute approximate surface area is 263 Å². The normalized spacial score (nSPS) is 26.0. The predicted molar refractivity (Wildman–Crippen MR) is 172 cm³/mol. The van der Waals surface area contributed by atoms with Crippen molar-refractivity contribution in [2.24, 2.45) is 5.92 Å². The molecule has 4 aliphatic heterocycles. The molecule has 4 atom stereocenters. The molecular formula is C32H38F2N8O2S. The summed E-state index contributed by atoms with van der Waals surface area (Å²) in [6.07, 6.45) is 7.22. The maximum Gasteiger partial charge on any atom is 0.318 e. The largest absolute Gasteiger partial charge is 0.467 e. The second-order valence-corrected chi connectivity index (χ2v) is 14.2. The minimum atomic E-state index is -0.518. The summed E-state index contributed by atoms with van der Waals surface area (Å²) in [4.78, 5) is 32.4. The fourth-order valence-corrected chi connectivity index (χ4v) is 8.45. The number of thiazole rings is 1. The van der Waals surface area contributed by atoms with Crippen LogP contribution in [-0.2, 0) is 6.54 Å². The zero-order valence-electron chi connectivity index (χ0n) is 25.3. The molecule has 45 heavy (non-hydrogen) atoms. The third kappa shape index (κ3) is 5.42. The number of nitrogens with one attached hydrogen (secondary N) is 1. The van der Waals surface area contributed by atoms with E-state index in [9.17, 15) is 13.6 Å². The van der Waals surface area contributed by atoms with Gasteiger partial charge in [-0.1, -0.05) is 11.3 Å². The van der Waals surface area contributed by atoms with Gasteiger partial charge in [-0.15, -0.1) is 0 Å². The molecule has 4 aromatic rings. The predicted octanol–water partition coefficient (Wildman–Crippen LogP) is 4.34. The molecule has 4 saturated heterocycles. The number of nitrogens with zero attached hydrogens (tertiary/aromatic N) is 6. The van der Waals surface area contributed by atoms with Crippen LogP contribution in [-0.4, -0.2) is 82.0 Å². The van der Waals surface area contributed by atoms with Gasteiger partial charge in [0.15, 0.2) is 5.13 Å². The Kier molecular flexibility index (Phi) is 7.37. The molecule has 1 aromatic carbocycles. The molecule has 3 N–H and O–H groups in total. The lowest BCUT2D eigenvalue weighted by Gasteiger charge is -2.34. The van der Waals surface area contributed by atoms with Gasteiger partial charge >= 0.3 is 6.01 Å². The van der Waals surface area contributed by atoms with E-state index in [1.165, 1.54) is 26.0 Å². The SMILES string of the molecule is COc1nc(N2CC3CCC(C2)N3)c2c(=O)n(CC3CC3)c(-c3ccc(F)c4sc(N)nc34)cc2n1.FC1CC2CCCN2C1. The molecule has 5 fully saturated rings. The van der Waals surface area contributed by atoms with Gasteiger partial charge < -0.3 is 25.3 Å². The lowest BCUT2D eigenvalue weighted by molar-refractivity contribution is 0.292. The number of rotatable bonds is 5. The summed E-state index contributed by atoms with van der Waals surface area (Å²) in [6.45, 7) is 4.01. The van der Waals surface area contributed by atoms with Crippen LogP contribution < -0.4 is 26.2 Å². The minimum absolute atomic E-state index is 0.140. The molecule has 10 nitrogen and oxygen atoms in total. The molecule has 3 aromatic heterocycles. The number of hydrogen-bond donors (Lipinski definition) is 2. The first kappa shape index (κ1) is 29.0. The molecule has 7 heterocycles. The lowest BCUT2D eigenvalue weighted by Crippen LogP contribution is -2.51. The van der Waals surface area contributed by atoms with Gasteiger partial charge in [-0.2, -0.15) is 9.97 Å². The summed E-state index contributed by atoms with van der Waals surface area (Å²) < 4.78 is 34.8. The second-order valence-electron chi connectivity index (χ2n) is 13.2. The van der Waals surface area contributed by atoms with Crippen molar-refractivity contribution in [2.75, 3.05) is 43.9 Å². The molecule has 1 aliphatic carbocycles. The van der Waals surface area contributed by atoms with Gasteiger partial charge in [0.1, 0.15) is 23.2 Å². The van der Waals surface area contributed by atoms with Crippen molar-refractivity contribution in [1.29, 1.82) is 0 Å². The second kappa shape index (κ2) is 11.4. The maximum absolute atomic E-state index is 14.6. The minimum Gasteiger partial charge on any atom is -0.467 e. The van der Waals surface area contributed by atoms with Crippen LogP contribution in [0, 0.1) is 11.7 Å². The molecule has 2 bridgehead atoms. The van der Waals surface area contributed by atoms with Crippen molar-refractivity contribution in [1.82, 2.24) is 29.7 Å². The Morgan fingerprint density at radius 2 is 1.89 bits per heavy atom. The molecule has 9 rings (SSSR count). The third-order valence-electron chi connectivity index (χ3n) is 10.0. The third-order valence-corrected chi connectivity index (χ3v) is 10.9. The number of benzene rings is 1. The lowest BCUT2D eigenvalue weighted by atomic mass is 10.1. The smallest absolute Gasteiger partial charge is 0.318 e. The molecule has 0 radical (unpaired) electrons. The molecule has 0 amide bonds. The van der Waals surface area contributed by atoms with Gasteiger partial charge in [0, 0.05) is 49.9 Å². The van der Waals surface area contributed by atoms with E-state index < -0.39 is 6.17 Å². The number of ether oxygens (including phenoxy) is 1. The summed E-state index contributed by atoms with van der Waals surface area (Å²) >= 11 is 1.11. The van der Waals surface area contributed by atoms with Crippen molar-refractivity contribution in [3.8, 4) is 17.3 Å². The highest BCUT2D eigenvalue weighted by Crippen LogP contribution is 2.38. The van der Waals surface area contributed by atoms with Crippen LogP contribution in [0.2, 0.25) is 0 Å². The molecule has 4 unspecified atom stereocenters. The van der Waals surface area contributed by atoms with E-state index in [-0.39, 0.29) is 22.5 Å². The van der Waals surface area contributed by atoms with Crippen molar-refractivity contribution in [3.63, 3.8) is 0 Å². The number of piperazine rings is 1. The summed E-state index contributed by atoms with van der Waals surface area (Å²) in [5.41, 5.74) is 8.10. The maximum atomic E-state index is 14.6. The van der Waals surface area contributed by atoms with Crippen LogP contribution in [0.4, 0.5) is 19.7 Å². The van der Waals surface area contributed by atoms with E-state index in [0.717, 1.165) is 63.1 Å². The highest BCUT2D eigenvalue weighted by atomic mass is 32.1. The fourth-order valence-electron chi connectivity index (χ4n) is 7.68. The number of nitrogens with two attached hydrogens (primary N) is 1. The number of alkyl halides is 1. The van der Waals surface area contributed by atoms with Gasteiger partial charge in [-0.25, -0.2) is 13.8 Å². The molecule has 0 spiro atoms. The zero-order valence-corrected chi connectivity index (χ0v) is 26.2. The Balaban J connectivity index is 0.000000286. The van der Waals surface area contributed by atoms with Crippen LogP contribution >= 0.6 is 11.3 Å². The first-order chi connectivity index (χ1) is 21.8. The standard InChI is InChI=1S/C25H26FN7O2S.C7H12FN/c1-35-25-29-17-8-18(15-6-7-16(26)21-20(15)30-24(27)36-21)33(9-12-2-3-12)23(34)19(17)22(31-25)32-10-13-4-5-14(11-32)28-13;8-6-4-7-2-1-3-9(7)5-6/h6-8,12-14,28H,2-5,9-11H2,1H3,(H2,27,30);6-7H,1-5H2. The van der Waals surface area contributed by atoms with Crippen LogP contribution in [0.15, 0.2) is 23.0 Å². The highest BCUT2D eigenvalue weighted by Gasteiger charge is 2.36. The van der Waals surface area contributed by atoms with Crippen LogP contribution in [0.1, 0.15) is 44.9 Å². The molecule has 238 valence electrons. The number of methoxy groups -OCH3 is 1. The number of nitrogen functional groups attached to an aromatic ring is 1. The molecule has 5 aliphatic rings. The summed E-state index contributed by atoms with van der Waals surface area (Å²) in [7, 11) is 1.53. The Morgan fingerprint density at radius 3 is 2.62 bits per heavy atom. The van der Waals surface area contributed by atoms with Crippen LogP contribution in [0.25, 0.3) is 32.4 Å². The fraction of sp³-hybridized carbons (Fsp3) is 0.562. The first-order valence-corrected chi connectivity index (χ1v) is 16.9. The Bertz CT molecular complexity index is 1800. The first-order valence-electron chi connectivity index (χ1n) is 16.1. The average Bonchev–Trinajstić information content (AvgIpc) is 3.25. The van der Waals surface area contributed by atoms with E-state index in [1.54, 1.807) is 10.6 Å². The van der Waals surface area contributed by atoms with Gasteiger partial charge in [0.05, 0.1) is 28.5 Å². The van der Waals surface area contributed by atoms with Crippen LogP contribution in [0.5, 0.6) is 6.01 Å². The van der Waals surface area contributed by atoms with Gasteiger partial charge in [0.2, 0.25) is 0 Å². The topological polar surface area (TPSA) is 114 Å². The molecule has 1 saturated carbocycles. The summed E-state index contributed by atoms with van der Waals surface area (Å²) in [5, 5.41) is 4.42. The number of aromatic nitrogens is 4. The van der Waals surface area contributed by atoms with E-state index in [4.69, 9.17) is 10.5 Å². The van der Waals surface area contributed by atoms with Crippen molar-refractivity contribution in [2.45, 2.75) is 75.8 Å². The van der Waals surface area contributed by atoms with E-state index >= 15 is 0 Å². The van der Waals surface area contributed by atoms with E-state index in [2.05, 4.69) is 30.1 Å². The Hall–Kier alpha value is -3.42. The van der Waals surface area contributed by atoms with E-state index in [0.29, 0.717) is 75.3 Å². The quantitative estimate of drug-likeness (QED) is 0.330. The zero-order chi connectivity index (χ0) is 30.8.